The standard InChI is InChI=1S/C9H7NO3S/c10-8(11)2-1-6-3-7(14-5-6)4-9(12)13/h3,5H,4H2,(H2,10,11)(H,12,13). The van der Waals surface area contributed by atoms with Crippen LogP contribution in [0.2, 0.25) is 0 Å². The molecule has 0 unspecified atom stereocenters. The smallest absolute Gasteiger partial charge is 0.308 e. The van der Waals surface area contributed by atoms with Crippen LogP contribution in [-0.4, -0.2) is 17.0 Å². The Kier molecular flexibility index (Phi) is 3.26. The minimum Gasteiger partial charge on any atom is -0.481 e. The Bertz CT molecular complexity index is 425. The molecule has 0 bridgehead atoms. The van der Waals surface area contributed by atoms with Crippen molar-refractivity contribution in [1.82, 2.24) is 0 Å². The predicted molar refractivity (Wildman–Crippen MR) is 51.7 cm³/mol. The first kappa shape index (κ1) is 10.3. The summed E-state index contributed by atoms with van der Waals surface area (Å²) in [6.07, 6.45) is -0.0249. The van der Waals surface area contributed by atoms with Gasteiger partial charge in [-0.15, -0.1) is 11.3 Å². The average Bonchev–Trinajstić information content (AvgIpc) is 2.47. The molecule has 0 aromatic carbocycles. The first-order chi connectivity index (χ1) is 6.58. The van der Waals surface area contributed by atoms with Gasteiger partial charge >= 0.3 is 5.97 Å². The van der Waals surface area contributed by atoms with Gasteiger partial charge in [0, 0.05) is 21.7 Å². The third-order valence-electron chi connectivity index (χ3n) is 1.31. The van der Waals surface area contributed by atoms with Crippen LogP contribution >= 0.6 is 11.3 Å². The van der Waals surface area contributed by atoms with Gasteiger partial charge in [-0.1, -0.05) is 5.92 Å². The maximum Gasteiger partial charge on any atom is 0.308 e. The van der Waals surface area contributed by atoms with E-state index >= 15 is 0 Å². The minimum atomic E-state index is -0.888. The maximum absolute atomic E-state index is 10.3. The van der Waals surface area contributed by atoms with E-state index in [1.54, 1.807) is 11.4 Å². The molecule has 1 aromatic heterocycles. The molecule has 0 saturated carbocycles. The Hall–Kier alpha value is -1.80. The van der Waals surface area contributed by atoms with Gasteiger partial charge in [-0.3, -0.25) is 9.59 Å². The fourth-order valence-electron chi connectivity index (χ4n) is 0.822. The van der Waals surface area contributed by atoms with Crippen molar-refractivity contribution in [2.75, 3.05) is 0 Å². The molecule has 0 atom stereocenters. The molecule has 1 heterocycles. The third kappa shape index (κ3) is 3.29. The van der Waals surface area contributed by atoms with Crippen LogP contribution in [0.4, 0.5) is 0 Å². The Labute approximate surface area is 84.4 Å². The first-order valence-electron chi connectivity index (χ1n) is 3.68. The zero-order chi connectivity index (χ0) is 10.6. The molecule has 0 aliphatic rings. The van der Waals surface area contributed by atoms with Crippen LogP contribution in [0, 0.1) is 11.8 Å². The number of thiophene rings is 1. The minimum absolute atomic E-state index is 0.0249. The quantitative estimate of drug-likeness (QED) is 0.683. The van der Waals surface area contributed by atoms with Crippen LogP contribution in [-0.2, 0) is 16.0 Å². The number of rotatable bonds is 2. The zero-order valence-electron chi connectivity index (χ0n) is 7.11. The lowest BCUT2D eigenvalue weighted by Crippen LogP contribution is -2.06. The fourth-order valence-corrected chi connectivity index (χ4v) is 1.63. The van der Waals surface area contributed by atoms with Gasteiger partial charge in [0.2, 0.25) is 0 Å². The van der Waals surface area contributed by atoms with E-state index in [4.69, 9.17) is 10.8 Å². The second-order valence-electron chi connectivity index (χ2n) is 2.49. The van der Waals surface area contributed by atoms with E-state index in [0.29, 0.717) is 10.4 Å². The zero-order valence-corrected chi connectivity index (χ0v) is 7.93. The monoisotopic (exact) mass is 209 g/mol. The van der Waals surface area contributed by atoms with Crippen LogP contribution in [0.15, 0.2) is 11.4 Å². The van der Waals surface area contributed by atoms with Gasteiger partial charge in [0.25, 0.3) is 5.91 Å². The Morgan fingerprint density at radius 3 is 2.86 bits per heavy atom. The van der Waals surface area contributed by atoms with Gasteiger partial charge in [-0.25, -0.2) is 0 Å². The molecule has 72 valence electrons. The highest BCUT2D eigenvalue weighted by atomic mass is 32.1. The number of carboxylic acid groups (broad SMARTS) is 1. The van der Waals surface area contributed by atoms with Crippen molar-refractivity contribution in [2.45, 2.75) is 6.42 Å². The van der Waals surface area contributed by atoms with Crippen LogP contribution in [0.25, 0.3) is 0 Å². The number of carboxylic acids is 1. The van der Waals surface area contributed by atoms with Crippen LogP contribution in [0.3, 0.4) is 0 Å². The fraction of sp³-hybridized carbons (Fsp3) is 0.111. The van der Waals surface area contributed by atoms with Crippen molar-refractivity contribution < 1.29 is 14.7 Å². The van der Waals surface area contributed by atoms with E-state index in [2.05, 4.69) is 11.8 Å². The normalized spacial score (nSPS) is 8.86. The number of amides is 1. The summed E-state index contributed by atoms with van der Waals surface area (Å²) in [5.74, 6) is 3.12. The van der Waals surface area contributed by atoms with E-state index < -0.39 is 11.9 Å². The second kappa shape index (κ2) is 4.44. The van der Waals surface area contributed by atoms with E-state index in [1.807, 2.05) is 0 Å². The molecule has 5 heteroatoms. The molecule has 0 radical (unpaired) electrons. The van der Waals surface area contributed by atoms with Crippen LogP contribution in [0.5, 0.6) is 0 Å². The maximum atomic E-state index is 10.3. The Morgan fingerprint density at radius 1 is 1.57 bits per heavy atom. The van der Waals surface area contributed by atoms with E-state index in [1.165, 1.54) is 11.3 Å². The molecule has 1 aromatic rings. The second-order valence-corrected chi connectivity index (χ2v) is 3.48. The summed E-state index contributed by atoms with van der Waals surface area (Å²) in [4.78, 5) is 21.4. The van der Waals surface area contributed by atoms with Crippen molar-refractivity contribution in [2.24, 2.45) is 5.73 Å². The highest BCUT2D eigenvalue weighted by Crippen LogP contribution is 2.14. The van der Waals surface area contributed by atoms with Gasteiger partial charge in [-0.2, -0.15) is 0 Å². The Morgan fingerprint density at radius 2 is 2.29 bits per heavy atom. The van der Waals surface area contributed by atoms with E-state index in [0.717, 1.165) is 0 Å². The summed E-state index contributed by atoms with van der Waals surface area (Å²) in [5.41, 5.74) is 5.44. The topological polar surface area (TPSA) is 80.4 Å². The van der Waals surface area contributed by atoms with Gasteiger partial charge in [0.05, 0.1) is 6.42 Å². The summed E-state index contributed by atoms with van der Waals surface area (Å²) in [5, 5.41) is 10.2. The van der Waals surface area contributed by atoms with E-state index in [-0.39, 0.29) is 6.42 Å². The number of carbonyl (C=O) groups is 2. The summed E-state index contributed by atoms with van der Waals surface area (Å²) >= 11 is 1.29. The molecule has 14 heavy (non-hydrogen) atoms. The molecule has 1 amide bonds. The number of hydrogen-bond acceptors (Lipinski definition) is 3. The average molecular weight is 209 g/mol. The molecule has 4 nitrogen and oxygen atoms in total. The summed E-state index contributed by atoms with van der Waals surface area (Å²) in [6.45, 7) is 0. The van der Waals surface area contributed by atoms with Gasteiger partial charge < -0.3 is 10.8 Å². The molecule has 0 saturated heterocycles. The molecule has 0 fully saturated rings. The first-order valence-corrected chi connectivity index (χ1v) is 4.56. The molecular weight excluding hydrogens is 202 g/mol. The van der Waals surface area contributed by atoms with Crippen molar-refractivity contribution in [3.63, 3.8) is 0 Å². The summed E-state index contributed by atoms with van der Waals surface area (Å²) < 4.78 is 0. The van der Waals surface area contributed by atoms with E-state index in [9.17, 15) is 9.59 Å². The van der Waals surface area contributed by atoms with Crippen LogP contribution < -0.4 is 5.73 Å². The van der Waals surface area contributed by atoms with Gasteiger partial charge in [-0.05, 0) is 6.07 Å². The third-order valence-corrected chi connectivity index (χ3v) is 2.25. The number of nitrogens with two attached hydrogens (primary N) is 1. The molecule has 0 aliphatic carbocycles. The lowest BCUT2D eigenvalue weighted by molar-refractivity contribution is -0.136. The lowest BCUT2D eigenvalue weighted by Gasteiger charge is -1.85. The lowest BCUT2D eigenvalue weighted by atomic mass is 10.3. The largest absolute Gasteiger partial charge is 0.481 e. The van der Waals surface area contributed by atoms with Crippen molar-refractivity contribution in [3.8, 4) is 11.8 Å². The van der Waals surface area contributed by atoms with Crippen LogP contribution in [0.1, 0.15) is 10.4 Å². The number of primary amides is 1. The Balaban J connectivity index is 2.75. The molecule has 3 N–H and O–H groups in total. The number of carbonyl (C=O) groups excluding carboxylic acids is 1. The summed E-state index contributed by atoms with van der Waals surface area (Å²) in [6, 6.07) is 1.63. The van der Waals surface area contributed by atoms with Crippen molar-refractivity contribution in [3.05, 3.63) is 21.9 Å². The molecule has 1 rings (SSSR count). The molecule has 0 spiro atoms. The van der Waals surface area contributed by atoms with Gasteiger partial charge in [0.15, 0.2) is 0 Å². The number of hydrogen-bond donors (Lipinski definition) is 2. The SMILES string of the molecule is NC(=O)C#Cc1csc(CC(=O)O)c1. The highest BCUT2D eigenvalue weighted by Gasteiger charge is 2.02. The molecular formula is C9H7NO3S. The molecule has 0 aliphatic heterocycles. The summed E-state index contributed by atoms with van der Waals surface area (Å²) in [7, 11) is 0. The number of aliphatic carboxylic acids is 1. The highest BCUT2D eigenvalue weighted by molar-refractivity contribution is 7.10. The van der Waals surface area contributed by atoms with Crippen molar-refractivity contribution in [1.29, 1.82) is 0 Å². The van der Waals surface area contributed by atoms with Gasteiger partial charge in [0.1, 0.15) is 0 Å². The van der Waals surface area contributed by atoms with Crippen molar-refractivity contribution >= 4 is 23.2 Å². The predicted octanol–water partition coefficient (Wildman–Crippen LogP) is 0.212.